The number of rotatable bonds is 12. The molecule has 0 spiro atoms. The summed E-state index contributed by atoms with van der Waals surface area (Å²) in [7, 11) is 3.51. The van der Waals surface area contributed by atoms with Crippen LogP contribution in [-0.4, -0.2) is 119 Å². The van der Waals surface area contributed by atoms with Crippen molar-refractivity contribution in [3.63, 3.8) is 0 Å². The van der Waals surface area contributed by atoms with Gasteiger partial charge in [0.1, 0.15) is 17.1 Å². The van der Waals surface area contributed by atoms with Crippen molar-refractivity contribution in [1.82, 2.24) is 39.9 Å². The molecule has 0 radical (unpaired) electrons. The molecule has 2 aromatic heterocycles. The average molecular weight is 750 g/mol. The highest BCUT2D eigenvalue weighted by Gasteiger charge is 2.29. The van der Waals surface area contributed by atoms with Gasteiger partial charge in [-0.1, -0.05) is 25.0 Å². The molecular formula is C40H47N9O6. The molecule has 0 bridgehead atoms. The van der Waals surface area contributed by atoms with Crippen LogP contribution in [0.2, 0.25) is 0 Å². The number of benzene rings is 2. The van der Waals surface area contributed by atoms with E-state index in [1.807, 2.05) is 18.2 Å². The first-order valence-corrected chi connectivity index (χ1v) is 18.9. The summed E-state index contributed by atoms with van der Waals surface area (Å²) >= 11 is 0. The Hall–Kier alpha value is -5.83. The molecule has 55 heavy (non-hydrogen) atoms. The molecule has 15 nitrogen and oxygen atoms in total. The topological polar surface area (TPSA) is 171 Å². The standard InChI is InChI=1S/C40H47N9O6/c1-46(2)39(54)33-23-28-24-42-40(45-36(28)49(33)30-5-3-4-6-30)43-29-11-7-27(8-12-29)37(52)41-17-18-47-19-21-48(22-20-47)35(51)25-55-31-13-9-26(10-14-31)32-15-16-34(50)44-38(32)53/h7-14,23-24,30,32H,3-6,15-22,25H2,1-2H3,(H,41,52)(H,42,43,45)(H,44,50,53). The third-order valence-corrected chi connectivity index (χ3v) is 10.6. The van der Waals surface area contributed by atoms with E-state index in [1.54, 1.807) is 66.5 Å². The number of fused-ring (bicyclic) bond motifs is 1. The average Bonchev–Trinajstić information content (AvgIpc) is 3.86. The Bertz CT molecular complexity index is 2050. The minimum atomic E-state index is -0.366. The van der Waals surface area contributed by atoms with E-state index in [9.17, 15) is 24.0 Å². The van der Waals surface area contributed by atoms with Crippen LogP contribution in [0.25, 0.3) is 11.0 Å². The molecule has 1 atom stereocenters. The van der Waals surface area contributed by atoms with Crippen LogP contribution < -0.4 is 20.7 Å². The molecule has 3 fully saturated rings. The second-order valence-electron chi connectivity index (χ2n) is 14.6. The number of imide groups is 1. The fourth-order valence-corrected chi connectivity index (χ4v) is 7.52. The van der Waals surface area contributed by atoms with Gasteiger partial charge in [-0.05, 0) is 67.3 Å². The maximum absolute atomic E-state index is 13.0. The van der Waals surface area contributed by atoms with Crippen molar-refractivity contribution in [1.29, 1.82) is 0 Å². The minimum absolute atomic E-state index is 0.0550. The number of nitrogens with one attached hydrogen (secondary N) is 3. The smallest absolute Gasteiger partial charge is 0.270 e. The highest BCUT2D eigenvalue weighted by molar-refractivity contribution is 6.01. The Balaban J connectivity index is 0.838. The third-order valence-electron chi connectivity index (χ3n) is 10.6. The van der Waals surface area contributed by atoms with Crippen LogP contribution in [0.15, 0.2) is 60.8 Å². The van der Waals surface area contributed by atoms with E-state index in [1.165, 1.54) is 0 Å². The monoisotopic (exact) mass is 749 g/mol. The first-order valence-electron chi connectivity index (χ1n) is 18.9. The van der Waals surface area contributed by atoms with Crippen molar-refractivity contribution in [3.8, 4) is 5.75 Å². The second kappa shape index (κ2) is 16.7. The lowest BCUT2D eigenvalue weighted by Gasteiger charge is -2.34. The maximum Gasteiger partial charge on any atom is 0.270 e. The lowest BCUT2D eigenvalue weighted by atomic mass is 9.90. The van der Waals surface area contributed by atoms with E-state index in [-0.39, 0.29) is 48.1 Å². The molecule has 2 aliphatic heterocycles. The van der Waals surface area contributed by atoms with Gasteiger partial charge in [0.15, 0.2) is 6.61 Å². The number of ether oxygens (including phenoxy) is 1. The number of hydrogen-bond donors (Lipinski definition) is 3. The van der Waals surface area contributed by atoms with Crippen LogP contribution in [0, 0.1) is 0 Å². The van der Waals surface area contributed by atoms with Crippen molar-refractivity contribution in [3.05, 3.63) is 77.6 Å². The third kappa shape index (κ3) is 8.78. The number of nitrogens with zero attached hydrogens (tertiary/aromatic N) is 6. The Morgan fingerprint density at radius 1 is 0.945 bits per heavy atom. The number of carbonyl (C=O) groups excluding carboxylic acids is 5. The van der Waals surface area contributed by atoms with Gasteiger partial charge < -0.3 is 29.7 Å². The van der Waals surface area contributed by atoms with Crippen LogP contribution in [0.3, 0.4) is 0 Å². The summed E-state index contributed by atoms with van der Waals surface area (Å²) in [5.41, 5.74) is 3.44. The molecule has 4 heterocycles. The van der Waals surface area contributed by atoms with Gasteiger partial charge in [-0.25, -0.2) is 4.98 Å². The quantitative estimate of drug-likeness (QED) is 0.182. The van der Waals surface area contributed by atoms with Crippen LogP contribution >= 0.6 is 0 Å². The summed E-state index contributed by atoms with van der Waals surface area (Å²) < 4.78 is 7.81. The predicted octanol–water partition coefficient (Wildman–Crippen LogP) is 3.47. The summed E-state index contributed by atoms with van der Waals surface area (Å²) in [5, 5.41) is 9.43. The van der Waals surface area contributed by atoms with Crippen molar-refractivity contribution in [2.24, 2.45) is 0 Å². The number of piperidine rings is 1. The molecule has 4 aromatic rings. The zero-order chi connectivity index (χ0) is 38.5. The minimum Gasteiger partial charge on any atom is -0.484 e. The molecule has 1 unspecified atom stereocenters. The van der Waals surface area contributed by atoms with Crippen molar-refractivity contribution in [2.45, 2.75) is 50.5 Å². The van der Waals surface area contributed by atoms with E-state index in [2.05, 4.69) is 30.4 Å². The normalized spacial score (nSPS) is 17.9. The van der Waals surface area contributed by atoms with Gasteiger partial charge in [-0.15, -0.1) is 0 Å². The molecular weight excluding hydrogens is 702 g/mol. The van der Waals surface area contributed by atoms with Gasteiger partial charge >= 0.3 is 0 Å². The highest BCUT2D eigenvalue weighted by atomic mass is 16.5. The van der Waals surface area contributed by atoms with Crippen LogP contribution in [0.1, 0.15) is 76.9 Å². The molecule has 3 N–H and O–H groups in total. The van der Waals surface area contributed by atoms with Gasteiger partial charge in [0.05, 0.1) is 5.92 Å². The van der Waals surface area contributed by atoms with Gasteiger partial charge in [0, 0.05) is 88.7 Å². The predicted molar refractivity (Wildman–Crippen MR) is 205 cm³/mol. The Morgan fingerprint density at radius 3 is 2.36 bits per heavy atom. The summed E-state index contributed by atoms with van der Waals surface area (Å²) in [6.45, 7) is 3.56. The fourth-order valence-electron chi connectivity index (χ4n) is 7.52. The number of hydrogen-bond acceptors (Lipinski definition) is 10. The van der Waals surface area contributed by atoms with E-state index in [0.717, 1.165) is 48.0 Å². The summed E-state index contributed by atoms with van der Waals surface area (Å²) in [6, 6.07) is 16.3. The Morgan fingerprint density at radius 2 is 1.67 bits per heavy atom. The summed E-state index contributed by atoms with van der Waals surface area (Å²) in [4.78, 5) is 77.2. The molecule has 2 saturated heterocycles. The number of amides is 5. The lowest BCUT2D eigenvalue weighted by Crippen LogP contribution is -2.51. The maximum atomic E-state index is 13.0. The van der Waals surface area contributed by atoms with Gasteiger partial charge in [-0.3, -0.25) is 34.2 Å². The molecule has 15 heteroatoms. The lowest BCUT2D eigenvalue weighted by molar-refractivity contribution is -0.135. The SMILES string of the molecule is CN(C)C(=O)c1cc2cnc(Nc3ccc(C(=O)NCCN4CCN(C(=O)COc5ccc(C6CCC(=O)NC6=O)cc5)CC4)cc3)nc2n1C1CCCC1. The fraction of sp³-hybridized carbons (Fsp3) is 0.425. The molecule has 288 valence electrons. The van der Waals surface area contributed by atoms with Gasteiger partial charge in [0.2, 0.25) is 17.8 Å². The zero-order valence-electron chi connectivity index (χ0n) is 31.3. The van der Waals surface area contributed by atoms with Crippen molar-refractivity contribution in [2.75, 3.05) is 65.3 Å². The number of aromatic nitrogens is 3. The van der Waals surface area contributed by atoms with E-state index < -0.39 is 0 Å². The highest BCUT2D eigenvalue weighted by Crippen LogP contribution is 2.35. The van der Waals surface area contributed by atoms with Crippen LogP contribution in [0.5, 0.6) is 5.75 Å². The molecule has 2 aromatic carbocycles. The van der Waals surface area contributed by atoms with Crippen LogP contribution in [0.4, 0.5) is 11.6 Å². The Kier molecular flexibility index (Phi) is 11.4. The van der Waals surface area contributed by atoms with E-state index in [0.29, 0.717) is 75.1 Å². The number of anilines is 2. The molecule has 5 amide bonds. The van der Waals surface area contributed by atoms with E-state index in [4.69, 9.17) is 9.72 Å². The zero-order valence-corrected chi connectivity index (χ0v) is 31.3. The van der Waals surface area contributed by atoms with Crippen molar-refractivity contribution < 1.29 is 28.7 Å². The van der Waals surface area contributed by atoms with Crippen molar-refractivity contribution >= 4 is 52.2 Å². The molecule has 1 saturated carbocycles. The van der Waals surface area contributed by atoms with Gasteiger partial charge in [0.25, 0.3) is 17.7 Å². The van der Waals surface area contributed by atoms with Gasteiger partial charge in [-0.2, -0.15) is 4.98 Å². The first-order chi connectivity index (χ1) is 26.6. The summed E-state index contributed by atoms with van der Waals surface area (Å²) in [5.74, 6) is -0.278. The van der Waals surface area contributed by atoms with E-state index >= 15 is 0 Å². The molecule has 1 aliphatic carbocycles. The number of piperazine rings is 1. The Labute approximate surface area is 319 Å². The van der Waals surface area contributed by atoms with Crippen LogP contribution in [-0.2, 0) is 14.4 Å². The molecule has 7 rings (SSSR count). The summed E-state index contributed by atoms with van der Waals surface area (Å²) in [6.07, 6.45) is 6.81. The second-order valence-corrected chi connectivity index (χ2v) is 14.6. The number of carbonyl (C=O) groups is 5. The molecule has 3 aliphatic rings. The largest absolute Gasteiger partial charge is 0.484 e. The first kappa shape index (κ1) is 37.5.